The SMILES string of the molecule is C=CCOc1ccc2c(c1)c(CN1CCC(O)CC1)cn2CCC(C)C. The molecule has 1 fully saturated rings. The molecule has 1 aliphatic heterocycles. The lowest BCUT2D eigenvalue weighted by Gasteiger charge is -2.29. The fourth-order valence-electron chi connectivity index (χ4n) is 3.62. The van der Waals surface area contributed by atoms with E-state index < -0.39 is 0 Å². The van der Waals surface area contributed by atoms with Gasteiger partial charge in [-0.25, -0.2) is 0 Å². The highest BCUT2D eigenvalue weighted by atomic mass is 16.5. The van der Waals surface area contributed by atoms with Crippen LogP contribution in [0.25, 0.3) is 10.9 Å². The Morgan fingerprint density at radius 2 is 2.08 bits per heavy atom. The molecule has 0 unspecified atom stereocenters. The zero-order valence-electron chi connectivity index (χ0n) is 16.2. The number of aromatic nitrogens is 1. The molecular formula is C22H32N2O2. The number of hydrogen-bond acceptors (Lipinski definition) is 3. The molecule has 0 atom stereocenters. The summed E-state index contributed by atoms with van der Waals surface area (Å²) in [5.74, 6) is 1.59. The van der Waals surface area contributed by atoms with Crippen LogP contribution >= 0.6 is 0 Å². The number of hydrogen-bond donors (Lipinski definition) is 1. The van der Waals surface area contributed by atoms with Crippen molar-refractivity contribution in [3.05, 3.63) is 42.6 Å². The molecule has 1 N–H and O–H groups in total. The Labute approximate surface area is 157 Å². The van der Waals surface area contributed by atoms with Crippen LogP contribution in [0.5, 0.6) is 5.75 Å². The minimum Gasteiger partial charge on any atom is -0.490 e. The van der Waals surface area contributed by atoms with Gasteiger partial charge in [-0.1, -0.05) is 26.5 Å². The van der Waals surface area contributed by atoms with E-state index in [2.05, 4.69) is 54.3 Å². The summed E-state index contributed by atoms with van der Waals surface area (Å²) in [6.07, 6.45) is 6.89. The van der Waals surface area contributed by atoms with Crippen molar-refractivity contribution >= 4 is 10.9 Å². The average Bonchev–Trinajstić information content (AvgIpc) is 2.97. The van der Waals surface area contributed by atoms with Crippen LogP contribution in [-0.2, 0) is 13.1 Å². The first-order chi connectivity index (χ1) is 12.6. The largest absolute Gasteiger partial charge is 0.490 e. The Morgan fingerprint density at radius 3 is 2.77 bits per heavy atom. The van der Waals surface area contributed by atoms with Gasteiger partial charge in [-0.15, -0.1) is 0 Å². The van der Waals surface area contributed by atoms with Crippen LogP contribution in [-0.4, -0.2) is 40.4 Å². The summed E-state index contributed by atoms with van der Waals surface area (Å²) in [6.45, 7) is 12.7. The van der Waals surface area contributed by atoms with Gasteiger partial charge in [0, 0.05) is 43.3 Å². The minimum atomic E-state index is -0.127. The van der Waals surface area contributed by atoms with Gasteiger partial charge in [0.1, 0.15) is 12.4 Å². The first-order valence-corrected chi connectivity index (χ1v) is 9.82. The molecule has 0 amide bonds. The predicted octanol–water partition coefficient (Wildman–Crippen LogP) is 4.21. The number of nitrogens with zero attached hydrogens (tertiary/aromatic N) is 2. The molecular weight excluding hydrogens is 324 g/mol. The number of aryl methyl sites for hydroxylation is 1. The lowest BCUT2D eigenvalue weighted by Crippen LogP contribution is -2.35. The van der Waals surface area contributed by atoms with Crippen LogP contribution in [0.4, 0.5) is 0 Å². The zero-order valence-corrected chi connectivity index (χ0v) is 16.2. The molecule has 0 saturated carbocycles. The Hall–Kier alpha value is -1.78. The van der Waals surface area contributed by atoms with Gasteiger partial charge >= 0.3 is 0 Å². The lowest BCUT2D eigenvalue weighted by atomic mass is 10.1. The highest BCUT2D eigenvalue weighted by Crippen LogP contribution is 2.28. The third kappa shape index (κ3) is 4.68. The van der Waals surface area contributed by atoms with Crippen LogP contribution in [0.15, 0.2) is 37.1 Å². The van der Waals surface area contributed by atoms with E-state index in [1.54, 1.807) is 6.08 Å². The minimum absolute atomic E-state index is 0.127. The van der Waals surface area contributed by atoms with Gasteiger partial charge in [-0.05, 0) is 48.9 Å². The summed E-state index contributed by atoms with van der Waals surface area (Å²) < 4.78 is 8.15. The number of piperidine rings is 1. The number of benzene rings is 1. The van der Waals surface area contributed by atoms with E-state index in [-0.39, 0.29) is 6.10 Å². The van der Waals surface area contributed by atoms with Crippen molar-refractivity contribution in [3.8, 4) is 5.75 Å². The summed E-state index contributed by atoms with van der Waals surface area (Å²) >= 11 is 0. The molecule has 1 saturated heterocycles. The third-order valence-electron chi connectivity index (χ3n) is 5.20. The van der Waals surface area contributed by atoms with E-state index in [0.717, 1.165) is 44.8 Å². The van der Waals surface area contributed by atoms with E-state index in [1.807, 2.05) is 0 Å². The molecule has 0 radical (unpaired) electrons. The molecule has 0 spiro atoms. The predicted molar refractivity (Wildman–Crippen MR) is 108 cm³/mol. The first kappa shape index (κ1) is 19.0. The topological polar surface area (TPSA) is 37.6 Å². The van der Waals surface area contributed by atoms with E-state index >= 15 is 0 Å². The maximum Gasteiger partial charge on any atom is 0.120 e. The fourth-order valence-corrected chi connectivity index (χ4v) is 3.62. The molecule has 26 heavy (non-hydrogen) atoms. The molecule has 1 aromatic carbocycles. The molecule has 142 valence electrons. The van der Waals surface area contributed by atoms with Crippen molar-refractivity contribution in [1.82, 2.24) is 9.47 Å². The van der Waals surface area contributed by atoms with Crippen LogP contribution in [0.2, 0.25) is 0 Å². The first-order valence-electron chi connectivity index (χ1n) is 9.82. The summed E-state index contributed by atoms with van der Waals surface area (Å²) in [4.78, 5) is 2.45. The Morgan fingerprint density at radius 1 is 1.31 bits per heavy atom. The van der Waals surface area contributed by atoms with Crippen LogP contribution in [0, 0.1) is 5.92 Å². The van der Waals surface area contributed by atoms with Crippen LogP contribution in [0.3, 0.4) is 0 Å². The summed E-state index contributed by atoms with van der Waals surface area (Å²) in [6, 6.07) is 6.40. The molecule has 0 bridgehead atoms. The average molecular weight is 357 g/mol. The highest BCUT2D eigenvalue weighted by molar-refractivity contribution is 5.85. The van der Waals surface area contributed by atoms with Crippen molar-refractivity contribution < 1.29 is 9.84 Å². The molecule has 4 nitrogen and oxygen atoms in total. The highest BCUT2D eigenvalue weighted by Gasteiger charge is 2.19. The number of fused-ring (bicyclic) bond motifs is 1. The van der Waals surface area contributed by atoms with Gasteiger partial charge in [0.25, 0.3) is 0 Å². The second-order valence-electron chi connectivity index (χ2n) is 7.82. The molecule has 4 heteroatoms. The summed E-state index contributed by atoms with van der Waals surface area (Å²) in [5, 5.41) is 11.0. The number of likely N-dealkylation sites (tertiary alicyclic amines) is 1. The molecule has 3 rings (SSSR count). The maximum absolute atomic E-state index is 9.75. The number of ether oxygens (including phenoxy) is 1. The van der Waals surface area contributed by atoms with Gasteiger partial charge in [0.2, 0.25) is 0 Å². The molecule has 2 heterocycles. The normalized spacial score (nSPS) is 16.5. The van der Waals surface area contributed by atoms with Crippen molar-refractivity contribution in [2.45, 2.75) is 52.3 Å². The fraction of sp³-hybridized carbons (Fsp3) is 0.545. The van der Waals surface area contributed by atoms with Crippen molar-refractivity contribution in [1.29, 1.82) is 0 Å². The number of rotatable bonds is 8. The van der Waals surface area contributed by atoms with Crippen molar-refractivity contribution in [2.24, 2.45) is 5.92 Å². The summed E-state index contributed by atoms with van der Waals surface area (Å²) in [7, 11) is 0. The van der Waals surface area contributed by atoms with E-state index in [4.69, 9.17) is 4.74 Å². The molecule has 1 aliphatic rings. The second-order valence-corrected chi connectivity index (χ2v) is 7.82. The maximum atomic E-state index is 9.75. The van der Waals surface area contributed by atoms with Gasteiger partial charge in [-0.2, -0.15) is 0 Å². The summed E-state index contributed by atoms with van der Waals surface area (Å²) in [5.41, 5.74) is 2.63. The smallest absolute Gasteiger partial charge is 0.120 e. The van der Waals surface area contributed by atoms with Crippen LogP contribution in [0.1, 0.15) is 38.7 Å². The standard InChI is InChI=1S/C22H32N2O2/c1-4-13-26-20-5-6-22-21(14-20)18(16-24(22)12-7-17(2)3)15-23-10-8-19(25)9-11-23/h4-6,14,16-17,19,25H,1,7-13,15H2,2-3H3. The number of aliphatic hydroxyl groups is 1. The van der Waals surface area contributed by atoms with Gasteiger partial charge in [0.15, 0.2) is 0 Å². The number of aliphatic hydroxyl groups excluding tert-OH is 1. The Bertz CT molecular complexity index is 727. The van der Waals surface area contributed by atoms with Gasteiger partial charge in [0.05, 0.1) is 6.10 Å². The monoisotopic (exact) mass is 356 g/mol. The van der Waals surface area contributed by atoms with Crippen molar-refractivity contribution in [2.75, 3.05) is 19.7 Å². The third-order valence-corrected chi connectivity index (χ3v) is 5.20. The lowest BCUT2D eigenvalue weighted by molar-refractivity contribution is 0.0794. The zero-order chi connectivity index (χ0) is 18.5. The van der Waals surface area contributed by atoms with E-state index in [1.165, 1.54) is 22.9 Å². The molecule has 0 aliphatic carbocycles. The van der Waals surface area contributed by atoms with Gasteiger partial charge in [-0.3, -0.25) is 4.90 Å². The second kappa shape index (κ2) is 8.74. The molecule has 2 aromatic rings. The Kier molecular flexibility index (Phi) is 6.38. The molecule has 1 aromatic heterocycles. The quantitative estimate of drug-likeness (QED) is 0.720. The van der Waals surface area contributed by atoms with E-state index in [9.17, 15) is 5.11 Å². The van der Waals surface area contributed by atoms with Gasteiger partial charge < -0.3 is 14.4 Å². The van der Waals surface area contributed by atoms with Crippen LogP contribution < -0.4 is 4.74 Å². The van der Waals surface area contributed by atoms with E-state index in [0.29, 0.717) is 12.5 Å². The van der Waals surface area contributed by atoms with Crippen molar-refractivity contribution in [3.63, 3.8) is 0 Å². The Balaban J connectivity index is 1.86.